The zero-order valence-corrected chi connectivity index (χ0v) is 38.6. The second-order valence-electron chi connectivity index (χ2n) is 18.8. The first-order chi connectivity index (χ1) is 27.5. The number of hydrogen-bond donors (Lipinski definition) is 4. The first kappa shape index (κ1) is 51.9. The molecule has 17 heteroatoms. The number of rotatable bonds is 16. The van der Waals surface area contributed by atoms with Gasteiger partial charge in [0.2, 0.25) is 5.79 Å². The normalized spacial score (nSPS) is 43.1. The molecular weight excluding hydrogens is 794 g/mol. The van der Waals surface area contributed by atoms with E-state index >= 15 is 0 Å². The quantitative estimate of drug-likeness (QED) is 0.0759. The molecule has 19 atom stereocenters. The van der Waals surface area contributed by atoms with Crippen LogP contribution >= 0.6 is 7.82 Å². The number of ketones is 1. The van der Waals surface area contributed by atoms with Crippen molar-refractivity contribution in [1.29, 1.82) is 0 Å². The fourth-order valence-electron chi connectivity index (χ4n) is 10.9. The van der Waals surface area contributed by atoms with Crippen LogP contribution in [0.2, 0.25) is 0 Å². The molecule has 5 aliphatic heterocycles. The fourth-order valence-corrected chi connectivity index (χ4v) is 11.1. The van der Waals surface area contributed by atoms with E-state index in [1.165, 1.54) is 0 Å². The Balaban J connectivity index is 0.00000794. The number of carboxylic acids is 1. The van der Waals surface area contributed by atoms with Crippen molar-refractivity contribution < 1.29 is 91.1 Å². The first-order valence-electron chi connectivity index (χ1n) is 22.0. The first-order valence-corrected chi connectivity index (χ1v) is 23.5. The number of ether oxygens (including phenoxy) is 6. The van der Waals surface area contributed by atoms with Crippen molar-refractivity contribution in [3.8, 4) is 0 Å². The Bertz CT molecular complexity index is 1550. The zero-order chi connectivity index (χ0) is 43.9. The molecule has 5 rings (SSSR count). The van der Waals surface area contributed by atoms with Crippen molar-refractivity contribution in [2.45, 2.75) is 199 Å². The summed E-state index contributed by atoms with van der Waals surface area (Å²) in [7, 11) is -5.15. The van der Waals surface area contributed by atoms with Gasteiger partial charge in [-0.15, -0.1) is 0 Å². The van der Waals surface area contributed by atoms with Crippen LogP contribution in [-0.4, -0.2) is 104 Å². The van der Waals surface area contributed by atoms with Gasteiger partial charge in [0.1, 0.15) is 11.9 Å². The van der Waals surface area contributed by atoms with Crippen LogP contribution in [0.15, 0.2) is 12.2 Å². The number of aliphatic hydroxyl groups excluding tert-OH is 1. The Hall–Kier alpha value is -0.733. The van der Waals surface area contributed by atoms with Gasteiger partial charge in [-0.2, -0.15) is 0 Å². The molecule has 0 radical (unpaired) electrons. The van der Waals surface area contributed by atoms with E-state index in [0.29, 0.717) is 64.2 Å². The van der Waals surface area contributed by atoms with Crippen LogP contribution in [0.3, 0.4) is 0 Å². The van der Waals surface area contributed by atoms with Gasteiger partial charge in [0, 0.05) is 30.1 Å². The van der Waals surface area contributed by atoms with E-state index in [1.807, 2.05) is 55.4 Å². The molecule has 4 N–H and O–H groups in total. The number of carbonyl (C=O) groups excluding carboxylic acids is 1. The van der Waals surface area contributed by atoms with E-state index in [9.17, 15) is 39.3 Å². The molecule has 60 heavy (non-hydrogen) atoms. The van der Waals surface area contributed by atoms with E-state index in [-0.39, 0.29) is 48.5 Å². The minimum atomic E-state index is -5.15. The maximum absolute atomic E-state index is 14.9. The van der Waals surface area contributed by atoms with Gasteiger partial charge in [0.15, 0.2) is 12.6 Å². The molecule has 4 saturated heterocycles. The van der Waals surface area contributed by atoms with Crippen molar-refractivity contribution in [3.63, 3.8) is 0 Å². The van der Waals surface area contributed by atoms with Gasteiger partial charge >= 0.3 is 24.8 Å². The Morgan fingerprint density at radius 2 is 1.62 bits per heavy atom. The van der Waals surface area contributed by atoms with Crippen LogP contribution in [0.4, 0.5) is 0 Å². The maximum Gasteiger partial charge on any atom is 1.00 e. The predicted molar refractivity (Wildman–Crippen MR) is 213 cm³/mol. The second-order valence-corrected chi connectivity index (χ2v) is 20.0. The molecular formula is C43H72LiO15P. The van der Waals surface area contributed by atoms with Gasteiger partial charge in [-0.1, -0.05) is 55.4 Å². The van der Waals surface area contributed by atoms with Crippen molar-refractivity contribution in [1.82, 2.24) is 0 Å². The van der Waals surface area contributed by atoms with Gasteiger partial charge in [0.25, 0.3) is 7.82 Å². The van der Waals surface area contributed by atoms with Gasteiger partial charge in [-0.25, -0.2) is 0 Å². The standard InChI is InChI=1S/C43H73O15P.Li/c1-11-30(39(46)47)32-15-14-24(4)36(55-32)28(8)38(52-23-53-59(49,50)51)27(7)35(45)31(12-2)37-25(5)22-26(6)42(56-37)19-16-33(44)43(58-42)21-20-40(10,57-43)34-17-18-41(48,13-3)29(9)54-34;/h16,19,24-34,36-38,44,48H,11-15,17-18,20-23H2,1-10H3,(H,46,47)(H2,49,50,51);/q;+1/p-1/t24-,25+,26-,27+,28+,29+,30+,31?,32?,33-,34-,36+,37+,38+,40+,41-,42-,43-;/m1./s1. The summed E-state index contributed by atoms with van der Waals surface area (Å²) in [5, 5.41) is 32.5. The third-order valence-corrected chi connectivity index (χ3v) is 15.3. The number of Topliss-reactive ketones (excluding diaryl/α,β-unsaturated/α-hetero) is 1. The molecule has 15 nitrogen and oxygen atoms in total. The maximum atomic E-state index is 14.9. The fraction of sp³-hybridized carbons (Fsp3) is 0.907. The van der Waals surface area contributed by atoms with E-state index in [1.54, 1.807) is 26.0 Å². The Kier molecular flexibility index (Phi) is 17.5. The van der Waals surface area contributed by atoms with Crippen molar-refractivity contribution in [2.24, 2.45) is 41.4 Å². The molecule has 0 aliphatic carbocycles. The summed E-state index contributed by atoms with van der Waals surface area (Å²) in [5.41, 5.74) is -1.73. The number of phosphoric acid groups is 1. The van der Waals surface area contributed by atoms with Crippen LogP contribution in [-0.2, 0) is 47.1 Å². The third kappa shape index (κ3) is 10.7. The number of aliphatic carboxylic acids is 1. The Labute approximate surface area is 368 Å². The van der Waals surface area contributed by atoms with Crippen molar-refractivity contribution in [3.05, 3.63) is 12.2 Å². The number of aliphatic hydroxyl groups is 2. The molecule has 2 spiro atoms. The number of carboxylic acid groups (broad SMARTS) is 1. The molecule has 5 aliphatic rings. The van der Waals surface area contributed by atoms with Crippen LogP contribution in [0.1, 0.15) is 133 Å². The molecule has 0 aromatic rings. The summed E-state index contributed by atoms with van der Waals surface area (Å²) in [4.78, 5) is 47.9. The van der Waals surface area contributed by atoms with Crippen LogP contribution in [0.5, 0.6) is 0 Å². The van der Waals surface area contributed by atoms with Crippen LogP contribution < -0.4 is 23.8 Å². The minimum Gasteiger partial charge on any atom is -0.756 e. The molecule has 0 aromatic carbocycles. The molecule has 3 unspecified atom stereocenters. The SMILES string of the molecule is CCC(C(=O)[C@H](C)[C@H](OCOP(=O)([O-])O)[C@@H](C)[C@H]1OC([C@H](CC)C(=O)O)CC[C@H]1C)[C@H]1O[C@@]2(C=C[C@@H](O)[C@@]3(CC[C@@](C)([C@H]4CC[C@](O)(CC)[C@H](C)O4)O3)O2)[C@H](C)C[C@@H]1C.[Li+]. The van der Waals surface area contributed by atoms with E-state index in [2.05, 4.69) is 4.52 Å². The summed E-state index contributed by atoms with van der Waals surface area (Å²) in [6.45, 7) is 18.3. The Morgan fingerprint density at radius 3 is 2.20 bits per heavy atom. The number of hydrogen-bond acceptors (Lipinski definition) is 13. The molecule has 4 fully saturated rings. The number of carbonyl (C=O) groups is 2. The Morgan fingerprint density at radius 1 is 0.950 bits per heavy atom. The summed E-state index contributed by atoms with van der Waals surface area (Å²) >= 11 is 0. The van der Waals surface area contributed by atoms with Gasteiger partial charge in [0.05, 0.1) is 53.7 Å². The summed E-state index contributed by atoms with van der Waals surface area (Å²) in [6, 6.07) is 0. The minimum absolute atomic E-state index is 0. The molecule has 0 bridgehead atoms. The summed E-state index contributed by atoms with van der Waals surface area (Å²) in [6.07, 6.45) is 4.22. The average molecular weight is 867 g/mol. The smallest absolute Gasteiger partial charge is 0.756 e. The predicted octanol–water partition coefficient (Wildman–Crippen LogP) is 2.65. The van der Waals surface area contributed by atoms with E-state index in [0.717, 1.165) is 0 Å². The summed E-state index contributed by atoms with van der Waals surface area (Å²) < 4.78 is 55.8. The molecule has 0 saturated carbocycles. The molecule has 340 valence electrons. The largest absolute Gasteiger partial charge is 1.00 e. The summed E-state index contributed by atoms with van der Waals surface area (Å²) in [5.74, 6) is -6.96. The van der Waals surface area contributed by atoms with E-state index < -0.39 is 104 Å². The average Bonchev–Trinajstić information content (AvgIpc) is 3.52. The van der Waals surface area contributed by atoms with Crippen molar-refractivity contribution >= 4 is 19.6 Å². The molecule has 0 amide bonds. The zero-order valence-electron chi connectivity index (χ0n) is 37.7. The topological polar surface area (TPSA) is 220 Å². The molecule has 5 heterocycles. The second kappa shape index (κ2) is 20.2. The monoisotopic (exact) mass is 866 g/mol. The van der Waals surface area contributed by atoms with Crippen LogP contribution in [0.25, 0.3) is 0 Å². The van der Waals surface area contributed by atoms with E-state index in [4.69, 9.17) is 28.4 Å². The van der Waals surface area contributed by atoms with Gasteiger partial charge in [-0.05, 0) is 95.6 Å². The van der Waals surface area contributed by atoms with Gasteiger partial charge < -0.3 is 53.5 Å². The number of phosphoric ester groups is 1. The van der Waals surface area contributed by atoms with Gasteiger partial charge in [-0.3, -0.25) is 18.7 Å². The van der Waals surface area contributed by atoms with Crippen molar-refractivity contribution in [2.75, 3.05) is 6.79 Å². The molecule has 0 aromatic heterocycles. The van der Waals surface area contributed by atoms with Crippen LogP contribution in [0, 0.1) is 41.4 Å². The third-order valence-electron chi connectivity index (χ3n) is 14.9.